The molecule has 2 aromatic rings. The average molecular weight is 426 g/mol. The number of carbonyl (C=O) groups excluding carboxylic acids is 1. The summed E-state index contributed by atoms with van der Waals surface area (Å²) in [6.07, 6.45) is 7.30. The Morgan fingerprint density at radius 2 is 2.07 bits per heavy atom. The summed E-state index contributed by atoms with van der Waals surface area (Å²) < 4.78 is 0. The van der Waals surface area contributed by atoms with Gasteiger partial charge in [0.2, 0.25) is 0 Å². The minimum absolute atomic E-state index is 0.0488. The minimum Gasteiger partial charge on any atom is -0.353 e. The summed E-state index contributed by atoms with van der Waals surface area (Å²) in [4.78, 5) is 25.0. The van der Waals surface area contributed by atoms with Crippen LogP contribution in [0.3, 0.4) is 0 Å². The molecule has 1 amide bonds. The zero-order chi connectivity index (χ0) is 21.5. The Morgan fingerprint density at radius 3 is 2.80 bits per heavy atom. The van der Waals surface area contributed by atoms with Gasteiger partial charge in [0.05, 0.1) is 16.1 Å². The maximum atomic E-state index is 12.9. The first-order valence-electron chi connectivity index (χ1n) is 10.4. The van der Waals surface area contributed by atoms with E-state index in [1.54, 1.807) is 41.7 Å². The molecule has 7 heteroatoms. The number of nitrogens with zero attached hydrogens (tertiary/aromatic N) is 1. The maximum Gasteiger partial charge on any atom is 0.276 e. The van der Waals surface area contributed by atoms with Crippen molar-refractivity contribution in [1.82, 2.24) is 5.32 Å². The molecule has 1 aromatic carbocycles. The molecule has 0 bridgehead atoms. The normalized spacial score (nSPS) is 21.0. The molecule has 30 heavy (non-hydrogen) atoms. The van der Waals surface area contributed by atoms with Crippen LogP contribution in [0.15, 0.2) is 30.3 Å². The van der Waals surface area contributed by atoms with Crippen molar-refractivity contribution >= 4 is 34.0 Å². The van der Waals surface area contributed by atoms with Crippen LogP contribution in [-0.4, -0.2) is 17.0 Å². The second-order valence-corrected chi connectivity index (χ2v) is 9.87. The summed E-state index contributed by atoms with van der Waals surface area (Å²) in [6, 6.07) is 6.58. The van der Waals surface area contributed by atoms with Crippen LogP contribution in [0, 0.1) is 21.4 Å². The Kier molecular flexibility index (Phi) is 5.40. The standard InChI is InChI=1S/C23H27N3O3S/c1-4-23(2,3)15-10-11-16-18(13-15)30-22-20(16)21(27)24-19(25-22)12-9-14-7-5-6-8-17(14)26(28)29/h5-9,12,15,19,25H,4,10-11,13H2,1-3H3,(H,24,27)/b12-9+. The molecule has 4 rings (SSSR count). The van der Waals surface area contributed by atoms with Crippen molar-refractivity contribution in [3.8, 4) is 0 Å². The van der Waals surface area contributed by atoms with Crippen molar-refractivity contribution in [1.29, 1.82) is 0 Å². The first kappa shape index (κ1) is 20.6. The topological polar surface area (TPSA) is 84.3 Å². The molecule has 2 atom stereocenters. The number of thiophene rings is 1. The first-order valence-corrected chi connectivity index (χ1v) is 11.3. The van der Waals surface area contributed by atoms with E-state index in [9.17, 15) is 14.9 Å². The third-order valence-corrected chi connectivity index (χ3v) is 7.87. The van der Waals surface area contributed by atoms with Crippen LogP contribution in [0.2, 0.25) is 0 Å². The lowest BCUT2D eigenvalue weighted by atomic mass is 9.69. The van der Waals surface area contributed by atoms with Crippen molar-refractivity contribution in [2.45, 2.75) is 52.6 Å². The van der Waals surface area contributed by atoms with Crippen LogP contribution >= 0.6 is 11.3 Å². The van der Waals surface area contributed by atoms with E-state index >= 15 is 0 Å². The number of rotatable bonds is 5. The second kappa shape index (κ2) is 7.87. The monoisotopic (exact) mass is 425 g/mol. The Labute approximate surface area is 180 Å². The molecule has 0 saturated carbocycles. The van der Waals surface area contributed by atoms with E-state index in [4.69, 9.17) is 0 Å². The minimum atomic E-state index is -0.397. The van der Waals surface area contributed by atoms with Crippen LogP contribution in [0.4, 0.5) is 10.7 Å². The first-order chi connectivity index (χ1) is 14.3. The highest BCUT2D eigenvalue weighted by molar-refractivity contribution is 7.16. The second-order valence-electron chi connectivity index (χ2n) is 8.76. The molecule has 2 unspecified atom stereocenters. The van der Waals surface area contributed by atoms with Crippen LogP contribution in [0.1, 0.15) is 60.0 Å². The SMILES string of the molecule is CCC(C)(C)C1CCc2c(sc3c2C(=O)NC(/C=C/c2ccccc2[N+](=O)[O-])N3)C1. The Morgan fingerprint density at radius 1 is 1.30 bits per heavy atom. The molecule has 0 spiro atoms. The number of nitrogens with one attached hydrogen (secondary N) is 2. The fourth-order valence-corrected chi connectivity index (χ4v) is 5.73. The molecule has 1 aliphatic heterocycles. The highest BCUT2D eigenvalue weighted by Gasteiger charge is 2.36. The van der Waals surface area contributed by atoms with Crippen LogP contribution in [-0.2, 0) is 12.8 Å². The quantitative estimate of drug-likeness (QED) is 0.497. The lowest BCUT2D eigenvalue weighted by molar-refractivity contribution is -0.385. The highest BCUT2D eigenvalue weighted by atomic mass is 32.1. The number of benzene rings is 1. The predicted molar refractivity (Wildman–Crippen MR) is 121 cm³/mol. The third-order valence-electron chi connectivity index (χ3n) is 6.68. The van der Waals surface area contributed by atoms with E-state index in [0.717, 1.165) is 36.2 Å². The van der Waals surface area contributed by atoms with Gasteiger partial charge in [-0.2, -0.15) is 0 Å². The molecule has 2 N–H and O–H groups in total. The molecule has 2 aliphatic rings. The van der Waals surface area contributed by atoms with E-state index in [-0.39, 0.29) is 11.6 Å². The van der Waals surface area contributed by atoms with E-state index in [1.165, 1.54) is 16.5 Å². The average Bonchev–Trinajstić information content (AvgIpc) is 3.10. The maximum absolute atomic E-state index is 12.9. The lowest BCUT2D eigenvalue weighted by Crippen LogP contribution is -2.43. The number of carbonyl (C=O) groups is 1. The zero-order valence-electron chi connectivity index (χ0n) is 17.5. The number of fused-ring (bicyclic) bond motifs is 3. The van der Waals surface area contributed by atoms with Crippen LogP contribution < -0.4 is 10.6 Å². The summed E-state index contributed by atoms with van der Waals surface area (Å²) >= 11 is 1.69. The van der Waals surface area contributed by atoms with Gasteiger partial charge in [-0.25, -0.2) is 0 Å². The summed E-state index contributed by atoms with van der Waals surface area (Å²) in [5, 5.41) is 18.5. The van der Waals surface area contributed by atoms with Crippen molar-refractivity contribution < 1.29 is 9.72 Å². The number of nitro benzene ring substituents is 1. The van der Waals surface area contributed by atoms with Crippen molar-refractivity contribution in [2.24, 2.45) is 11.3 Å². The van der Waals surface area contributed by atoms with Gasteiger partial charge in [-0.1, -0.05) is 39.3 Å². The van der Waals surface area contributed by atoms with E-state index in [0.29, 0.717) is 16.9 Å². The number of amides is 1. The van der Waals surface area contributed by atoms with Crippen LogP contribution in [0.25, 0.3) is 6.08 Å². The smallest absolute Gasteiger partial charge is 0.276 e. The van der Waals surface area contributed by atoms with E-state index in [1.807, 2.05) is 0 Å². The predicted octanol–water partition coefficient (Wildman–Crippen LogP) is 5.39. The molecule has 0 radical (unpaired) electrons. The molecule has 1 aromatic heterocycles. The van der Waals surface area contributed by atoms with Gasteiger partial charge in [0.1, 0.15) is 11.2 Å². The van der Waals surface area contributed by atoms with Gasteiger partial charge in [0, 0.05) is 10.9 Å². The molecular weight excluding hydrogens is 398 g/mol. The summed E-state index contributed by atoms with van der Waals surface area (Å²) in [6.45, 7) is 6.92. The Hall–Kier alpha value is -2.67. The highest BCUT2D eigenvalue weighted by Crippen LogP contribution is 2.46. The fourth-order valence-electron chi connectivity index (χ4n) is 4.37. The van der Waals surface area contributed by atoms with E-state index in [2.05, 4.69) is 31.4 Å². The Bertz CT molecular complexity index is 1020. The molecule has 0 fully saturated rings. The number of anilines is 1. The lowest BCUT2D eigenvalue weighted by Gasteiger charge is -2.36. The molecule has 158 valence electrons. The zero-order valence-corrected chi connectivity index (χ0v) is 18.3. The number of nitro groups is 1. The molecular formula is C23H27N3O3S. The van der Waals surface area contributed by atoms with Gasteiger partial charge in [-0.3, -0.25) is 14.9 Å². The molecule has 1 aliphatic carbocycles. The summed E-state index contributed by atoms with van der Waals surface area (Å²) in [5.41, 5.74) is 2.85. The number of hydrogen-bond donors (Lipinski definition) is 2. The molecule has 0 saturated heterocycles. The van der Waals surface area contributed by atoms with E-state index < -0.39 is 11.1 Å². The Balaban J connectivity index is 1.56. The number of para-hydroxylation sites is 1. The summed E-state index contributed by atoms with van der Waals surface area (Å²) in [5.74, 6) is 0.569. The molecule has 6 nitrogen and oxygen atoms in total. The third kappa shape index (κ3) is 3.74. The fraction of sp³-hybridized carbons (Fsp3) is 0.435. The van der Waals surface area contributed by atoms with Crippen molar-refractivity contribution in [3.63, 3.8) is 0 Å². The van der Waals surface area contributed by atoms with Gasteiger partial charge < -0.3 is 10.6 Å². The van der Waals surface area contributed by atoms with Gasteiger partial charge in [0.25, 0.3) is 11.6 Å². The largest absolute Gasteiger partial charge is 0.353 e. The number of hydrogen-bond acceptors (Lipinski definition) is 5. The van der Waals surface area contributed by atoms with Crippen molar-refractivity contribution in [3.05, 3.63) is 62.0 Å². The van der Waals surface area contributed by atoms with Gasteiger partial charge in [0.15, 0.2) is 0 Å². The van der Waals surface area contributed by atoms with Gasteiger partial charge >= 0.3 is 0 Å². The van der Waals surface area contributed by atoms with Gasteiger partial charge in [-0.05, 0) is 54.4 Å². The van der Waals surface area contributed by atoms with Crippen molar-refractivity contribution in [2.75, 3.05) is 5.32 Å². The molecule has 2 heterocycles. The van der Waals surface area contributed by atoms with Crippen LogP contribution in [0.5, 0.6) is 0 Å². The van der Waals surface area contributed by atoms with Gasteiger partial charge in [-0.15, -0.1) is 11.3 Å². The summed E-state index contributed by atoms with van der Waals surface area (Å²) in [7, 11) is 0.